The van der Waals surface area contributed by atoms with Gasteiger partial charge in [0.05, 0.1) is 12.7 Å². The van der Waals surface area contributed by atoms with Crippen LogP contribution < -0.4 is 10.6 Å². The first-order chi connectivity index (χ1) is 12.2. The number of hydrogen-bond donors (Lipinski definition) is 2. The van der Waals surface area contributed by atoms with Crippen molar-refractivity contribution in [3.05, 3.63) is 71.3 Å². The summed E-state index contributed by atoms with van der Waals surface area (Å²) in [5.74, 6) is 0. The predicted molar refractivity (Wildman–Crippen MR) is 98.2 cm³/mol. The Hall–Kier alpha value is -2.37. The molecule has 0 spiro atoms. The third-order valence-corrected chi connectivity index (χ3v) is 3.92. The largest absolute Gasteiger partial charge is 0.377 e. The van der Waals surface area contributed by atoms with E-state index in [0.717, 1.165) is 16.7 Å². The van der Waals surface area contributed by atoms with Crippen molar-refractivity contribution in [2.75, 3.05) is 20.3 Å². The Labute approximate surface area is 149 Å². The lowest BCUT2D eigenvalue weighted by molar-refractivity contribution is 0.104. The zero-order chi connectivity index (χ0) is 17.9. The van der Waals surface area contributed by atoms with Crippen LogP contribution in [0.15, 0.2) is 54.6 Å². The van der Waals surface area contributed by atoms with Crippen LogP contribution in [0.1, 0.15) is 29.7 Å². The Kier molecular flexibility index (Phi) is 7.95. The van der Waals surface area contributed by atoms with Crippen molar-refractivity contribution in [1.29, 1.82) is 0 Å². The van der Waals surface area contributed by atoms with E-state index in [2.05, 4.69) is 10.6 Å². The van der Waals surface area contributed by atoms with Crippen molar-refractivity contribution < 1.29 is 14.3 Å². The fourth-order valence-corrected chi connectivity index (χ4v) is 2.51. The quantitative estimate of drug-likeness (QED) is 0.734. The van der Waals surface area contributed by atoms with Gasteiger partial charge < -0.3 is 20.1 Å². The molecule has 0 radical (unpaired) electrons. The molecule has 0 saturated heterocycles. The third-order valence-electron chi connectivity index (χ3n) is 3.92. The highest BCUT2D eigenvalue weighted by atomic mass is 16.5. The SMILES string of the molecule is CCOCc1ccccc1CNC(=O)NCC(OC)c1ccccc1. The highest BCUT2D eigenvalue weighted by Crippen LogP contribution is 2.14. The van der Waals surface area contributed by atoms with Gasteiger partial charge >= 0.3 is 6.03 Å². The van der Waals surface area contributed by atoms with Crippen molar-refractivity contribution in [1.82, 2.24) is 10.6 Å². The molecule has 2 aromatic carbocycles. The number of hydrogen-bond acceptors (Lipinski definition) is 3. The predicted octanol–water partition coefficient (Wildman–Crippen LogP) is 3.41. The molecule has 0 aliphatic carbocycles. The molecule has 25 heavy (non-hydrogen) atoms. The molecule has 0 aliphatic heterocycles. The van der Waals surface area contributed by atoms with Gasteiger partial charge in [0, 0.05) is 26.8 Å². The number of carbonyl (C=O) groups excluding carboxylic acids is 1. The minimum absolute atomic E-state index is 0.169. The van der Waals surface area contributed by atoms with Crippen LogP contribution in [-0.2, 0) is 22.6 Å². The van der Waals surface area contributed by atoms with Crippen molar-refractivity contribution in [2.45, 2.75) is 26.2 Å². The van der Waals surface area contributed by atoms with Gasteiger partial charge in [-0.05, 0) is 23.6 Å². The van der Waals surface area contributed by atoms with Crippen LogP contribution in [0.4, 0.5) is 4.79 Å². The van der Waals surface area contributed by atoms with Crippen molar-refractivity contribution in [2.24, 2.45) is 0 Å². The summed E-state index contributed by atoms with van der Waals surface area (Å²) in [5.41, 5.74) is 3.17. The van der Waals surface area contributed by atoms with Gasteiger partial charge in [0.25, 0.3) is 0 Å². The summed E-state index contributed by atoms with van der Waals surface area (Å²) in [6.45, 7) is 4.05. The van der Waals surface area contributed by atoms with E-state index in [1.54, 1.807) is 7.11 Å². The minimum atomic E-state index is -0.218. The van der Waals surface area contributed by atoms with Gasteiger partial charge in [-0.15, -0.1) is 0 Å². The number of methoxy groups -OCH3 is 1. The molecule has 134 valence electrons. The van der Waals surface area contributed by atoms with Gasteiger partial charge in [-0.2, -0.15) is 0 Å². The molecule has 0 aliphatic rings. The Morgan fingerprint density at radius 3 is 2.36 bits per heavy atom. The third kappa shape index (κ3) is 6.21. The molecule has 2 amide bonds. The van der Waals surface area contributed by atoms with Crippen LogP contribution in [0.25, 0.3) is 0 Å². The topological polar surface area (TPSA) is 59.6 Å². The Morgan fingerprint density at radius 1 is 1.00 bits per heavy atom. The van der Waals surface area contributed by atoms with Crippen LogP contribution in [0, 0.1) is 0 Å². The van der Waals surface area contributed by atoms with E-state index in [9.17, 15) is 4.79 Å². The molecule has 0 bridgehead atoms. The average Bonchev–Trinajstić information content (AvgIpc) is 2.66. The number of urea groups is 1. The van der Waals surface area contributed by atoms with E-state index in [0.29, 0.717) is 26.3 Å². The number of ether oxygens (including phenoxy) is 2. The van der Waals surface area contributed by atoms with Crippen LogP contribution in [0.2, 0.25) is 0 Å². The van der Waals surface area contributed by atoms with Gasteiger partial charge in [-0.3, -0.25) is 0 Å². The fourth-order valence-electron chi connectivity index (χ4n) is 2.51. The minimum Gasteiger partial charge on any atom is -0.377 e. The average molecular weight is 342 g/mol. The van der Waals surface area contributed by atoms with Crippen molar-refractivity contribution in [3.8, 4) is 0 Å². The Morgan fingerprint density at radius 2 is 1.68 bits per heavy atom. The van der Waals surface area contributed by atoms with Crippen LogP contribution in [-0.4, -0.2) is 26.3 Å². The number of rotatable bonds is 9. The highest BCUT2D eigenvalue weighted by molar-refractivity contribution is 5.73. The maximum atomic E-state index is 12.1. The summed E-state index contributed by atoms with van der Waals surface area (Å²) in [5, 5.41) is 5.74. The molecule has 0 heterocycles. The summed E-state index contributed by atoms with van der Waals surface area (Å²) >= 11 is 0. The van der Waals surface area contributed by atoms with E-state index in [1.807, 2.05) is 61.5 Å². The first kappa shape index (κ1) is 19.0. The van der Waals surface area contributed by atoms with Gasteiger partial charge in [-0.25, -0.2) is 4.79 Å². The normalized spacial score (nSPS) is 11.8. The molecule has 5 heteroatoms. The Bertz CT molecular complexity index is 646. The van der Waals surface area contributed by atoms with Crippen LogP contribution >= 0.6 is 0 Å². The Balaban J connectivity index is 1.83. The molecule has 1 atom stereocenters. The maximum absolute atomic E-state index is 12.1. The summed E-state index contributed by atoms with van der Waals surface area (Å²) < 4.78 is 10.9. The zero-order valence-electron chi connectivity index (χ0n) is 14.8. The van der Waals surface area contributed by atoms with Crippen molar-refractivity contribution in [3.63, 3.8) is 0 Å². The first-order valence-corrected chi connectivity index (χ1v) is 8.48. The highest BCUT2D eigenvalue weighted by Gasteiger charge is 2.11. The summed E-state index contributed by atoms with van der Waals surface area (Å²) in [4.78, 5) is 12.1. The molecule has 0 fully saturated rings. The maximum Gasteiger partial charge on any atom is 0.315 e. The van der Waals surface area contributed by atoms with E-state index in [1.165, 1.54) is 0 Å². The number of amides is 2. The number of carbonyl (C=O) groups is 1. The molecule has 2 aromatic rings. The van der Waals surface area contributed by atoms with Crippen LogP contribution in [0.3, 0.4) is 0 Å². The molecular formula is C20H26N2O3. The first-order valence-electron chi connectivity index (χ1n) is 8.48. The van der Waals surface area contributed by atoms with Gasteiger partial charge in [-0.1, -0.05) is 54.6 Å². The molecule has 0 saturated carbocycles. The molecule has 1 unspecified atom stereocenters. The molecular weight excluding hydrogens is 316 g/mol. The molecule has 2 N–H and O–H groups in total. The van der Waals surface area contributed by atoms with E-state index in [4.69, 9.17) is 9.47 Å². The van der Waals surface area contributed by atoms with Crippen LogP contribution in [0.5, 0.6) is 0 Å². The van der Waals surface area contributed by atoms with E-state index in [-0.39, 0.29) is 12.1 Å². The molecule has 2 rings (SSSR count). The molecule has 5 nitrogen and oxygen atoms in total. The summed E-state index contributed by atoms with van der Waals surface area (Å²) in [7, 11) is 1.64. The number of benzene rings is 2. The standard InChI is InChI=1S/C20H26N2O3/c1-3-25-15-18-12-8-7-11-17(18)13-21-20(23)22-14-19(24-2)16-9-5-4-6-10-16/h4-12,19H,3,13-15H2,1-2H3,(H2,21,22,23). The second kappa shape index (κ2) is 10.5. The van der Waals surface area contributed by atoms with E-state index < -0.39 is 0 Å². The van der Waals surface area contributed by atoms with Gasteiger partial charge in [0.1, 0.15) is 0 Å². The smallest absolute Gasteiger partial charge is 0.315 e. The summed E-state index contributed by atoms with van der Waals surface area (Å²) in [6, 6.07) is 17.6. The fraction of sp³-hybridized carbons (Fsp3) is 0.350. The summed E-state index contributed by atoms with van der Waals surface area (Å²) in [6.07, 6.45) is -0.169. The number of nitrogens with one attached hydrogen (secondary N) is 2. The lowest BCUT2D eigenvalue weighted by Crippen LogP contribution is -2.37. The monoisotopic (exact) mass is 342 g/mol. The van der Waals surface area contributed by atoms with Gasteiger partial charge in [0.15, 0.2) is 0 Å². The second-order valence-electron chi connectivity index (χ2n) is 5.60. The molecule has 0 aromatic heterocycles. The second-order valence-corrected chi connectivity index (χ2v) is 5.60. The lowest BCUT2D eigenvalue weighted by atomic mass is 10.1. The van der Waals surface area contributed by atoms with Gasteiger partial charge in [0.2, 0.25) is 0 Å². The zero-order valence-corrected chi connectivity index (χ0v) is 14.8. The van der Waals surface area contributed by atoms with E-state index >= 15 is 0 Å². The lowest BCUT2D eigenvalue weighted by Gasteiger charge is -2.17. The van der Waals surface area contributed by atoms with Crippen molar-refractivity contribution >= 4 is 6.03 Å².